The minimum absolute atomic E-state index is 0.0320. The topological polar surface area (TPSA) is 66.5 Å². The van der Waals surface area contributed by atoms with Crippen LogP contribution in [0.15, 0.2) is 52.3 Å². The third-order valence-electron chi connectivity index (χ3n) is 4.60. The van der Waals surface area contributed by atoms with E-state index in [-0.39, 0.29) is 22.4 Å². The minimum atomic E-state index is -3.83. The van der Waals surface area contributed by atoms with Crippen molar-refractivity contribution in [3.8, 4) is 0 Å². The van der Waals surface area contributed by atoms with Gasteiger partial charge >= 0.3 is 0 Å². The summed E-state index contributed by atoms with van der Waals surface area (Å²) < 4.78 is 27.4. The van der Waals surface area contributed by atoms with E-state index < -0.39 is 15.9 Å². The van der Waals surface area contributed by atoms with Crippen molar-refractivity contribution in [2.24, 2.45) is 5.92 Å². The number of nitrogens with zero attached hydrogens (tertiary/aromatic N) is 1. The second kappa shape index (κ2) is 9.05. The zero-order chi connectivity index (χ0) is 20.3. The highest BCUT2D eigenvalue weighted by Gasteiger charge is 2.34. The molecule has 5 nitrogen and oxygen atoms in total. The monoisotopic (exact) mass is 458 g/mol. The second-order valence-corrected chi connectivity index (χ2v) is 10.1. The van der Waals surface area contributed by atoms with Gasteiger partial charge in [0.25, 0.3) is 0 Å². The molecule has 0 aromatic heterocycles. The summed E-state index contributed by atoms with van der Waals surface area (Å²) in [6.45, 7) is 0.455. The maximum absolute atomic E-state index is 13.0. The number of hydrogen-bond donors (Lipinski definition) is 1. The summed E-state index contributed by atoms with van der Waals surface area (Å²) in [4.78, 5) is 13.7. The molecule has 2 aromatic carbocycles. The van der Waals surface area contributed by atoms with Crippen molar-refractivity contribution in [3.63, 3.8) is 0 Å². The Morgan fingerprint density at radius 1 is 1.21 bits per heavy atom. The number of carbonyl (C=O) groups excluding carboxylic acids is 1. The highest BCUT2D eigenvalue weighted by atomic mass is 35.5. The van der Waals surface area contributed by atoms with Gasteiger partial charge in [0.15, 0.2) is 0 Å². The molecule has 1 heterocycles. The van der Waals surface area contributed by atoms with Crippen LogP contribution < -0.4 is 5.32 Å². The zero-order valence-electron chi connectivity index (χ0n) is 15.2. The number of amides is 1. The lowest BCUT2D eigenvalue weighted by Gasteiger charge is -2.31. The van der Waals surface area contributed by atoms with Crippen molar-refractivity contribution in [1.29, 1.82) is 0 Å². The van der Waals surface area contributed by atoms with Gasteiger partial charge in [0, 0.05) is 28.7 Å². The van der Waals surface area contributed by atoms with Gasteiger partial charge in [-0.15, -0.1) is 11.8 Å². The molecule has 1 saturated heterocycles. The van der Waals surface area contributed by atoms with Gasteiger partial charge in [-0.3, -0.25) is 4.79 Å². The molecular weight excluding hydrogens is 439 g/mol. The molecule has 1 fully saturated rings. The van der Waals surface area contributed by atoms with Crippen molar-refractivity contribution >= 4 is 56.6 Å². The Kier molecular flexibility index (Phi) is 6.94. The fraction of sp³-hybridized carbons (Fsp3) is 0.316. The number of piperidine rings is 1. The summed E-state index contributed by atoms with van der Waals surface area (Å²) in [5, 5.41) is 3.31. The van der Waals surface area contributed by atoms with E-state index in [4.69, 9.17) is 23.2 Å². The summed E-state index contributed by atoms with van der Waals surface area (Å²) >= 11 is 13.6. The molecule has 0 bridgehead atoms. The molecule has 1 atom stereocenters. The molecule has 0 saturated carbocycles. The standard InChI is InChI=1S/C19H20Cl2N2O3S2/c1-27-16-6-2-5-15(11-16)22-19(24)13-4-3-9-23(12-13)28(25,26)18-10-14(20)7-8-17(18)21/h2,5-8,10-11,13H,3-4,9,12H2,1H3,(H,22,24)/t13-/m1/s1. The van der Waals surface area contributed by atoms with Crippen LogP contribution in [0.3, 0.4) is 0 Å². The maximum atomic E-state index is 13.0. The Morgan fingerprint density at radius 2 is 2.00 bits per heavy atom. The van der Waals surface area contributed by atoms with Gasteiger partial charge < -0.3 is 5.32 Å². The molecular formula is C19H20Cl2N2O3S2. The number of halogens is 2. The summed E-state index contributed by atoms with van der Waals surface area (Å²) in [6.07, 6.45) is 3.19. The molecule has 0 radical (unpaired) electrons. The third kappa shape index (κ3) is 4.83. The van der Waals surface area contributed by atoms with E-state index in [1.807, 2.05) is 30.5 Å². The van der Waals surface area contributed by atoms with E-state index in [2.05, 4.69) is 5.32 Å². The summed E-state index contributed by atoms with van der Waals surface area (Å²) in [6, 6.07) is 11.9. The van der Waals surface area contributed by atoms with E-state index in [1.165, 1.54) is 22.5 Å². The summed E-state index contributed by atoms with van der Waals surface area (Å²) in [5.41, 5.74) is 0.703. The molecule has 1 amide bonds. The third-order valence-corrected chi connectivity index (χ3v) is 7.91. The van der Waals surface area contributed by atoms with Crippen molar-refractivity contribution in [3.05, 3.63) is 52.5 Å². The quantitative estimate of drug-likeness (QED) is 0.656. The second-order valence-electron chi connectivity index (χ2n) is 6.50. The Balaban J connectivity index is 1.76. The van der Waals surface area contributed by atoms with Crippen molar-refractivity contribution in [1.82, 2.24) is 4.31 Å². The van der Waals surface area contributed by atoms with Gasteiger partial charge in [-0.05, 0) is 55.5 Å². The molecule has 0 spiro atoms. The summed E-state index contributed by atoms with van der Waals surface area (Å²) in [7, 11) is -3.83. The first-order chi connectivity index (χ1) is 13.3. The zero-order valence-corrected chi connectivity index (χ0v) is 18.3. The maximum Gasteiger partial charge on any atom is 0.244 e. The predicted octanol–water partition coefficient (Wildman–Crippen LogP) is 4.75. The SMILES string of the molecule is CSc1cccc(NC(=O)[C@@H]2CCCN(S(=O)(=O)c3cc(Cl)ccc3Cl)C2)c1. The molecule has 0 unspecified atom stereocenters. The van der Waals surface area contributed by atoms with E-state index in [0.29, 0.717) is 30.1 Å². The summed E-state index contributed by atoms with van der Waals surface area (Å²) in [5.74, 6) is -0.616. The number of thioether (sulfide) groups is 1. The molecule has 150 valence electrons. The van der Waals surface area contributed by atoms with Crippen LogP contribution in [0.2, 0.25) is 10.0 Å². The van der Waals surface area contributed by atoms with E-state index in [9.17, 15) is 13.2 Å². The van der Waals surface area contributed by atoms with Crippen LogP contribution in [0.25, 0.3) is 0 Å². The number of sulfonamides is 1. The average Bonchev–Trinajstić information content (AvgIpc) is 2.70. The van der Waals surface area contributed by atoms with Gasteiger partial charge in [0.2, 0.25) is 15.9 Å². The normalized spacial score (nSPS) is 18.0. The van der Waals surface area contributed by atoms with Gasteiger partial charge in [-0.25, -0.2) is 8.42 Å². The highest BCUT2D eigenvalue weighted by molar-refractivity contribution is 7.98. The van der Waals surface area contributed by atoms with E-state index in [0.717, 1.165) is 4.90 Å². The van der Waals surface area contributed by atoms with Crippen molar-refractivity contribution in [2.75, 3.05) is 24.7 Å². The molecule has 3 rings (SSSR count). The number of anilines is 1. The fourth-order valence-corrected chi connectivity index (χ4v) is 5.85. The lowest BCUT2D eigenvalue weighted by Crippen LogP contribution is -2.43. The number of carbonyl (C=O) groups is 1. The number of benzene rings is 2. The van der Waals surface area contributed by atoms with Crippen LogP contribution in [0.1, 0.15) is 12.8 Å². The molecule has 9 heteroatoms. The number of hydrogen-bond acceptors (Lipinski definition) is 4. The average molecular weight is 459 g/mol. The molecule has 0 aliphatic carbocycles. The first-order valence-electron chi connectivity index (χ1n) is 8.71. The van der Waals surface area contributed by atoms with Gasteiger partial charge in [0.1, 0.15) is 4.90 Å². The first-order valence-corrected chi connectivity index (χ1v) is 12.1. The Morgan fingerprint density at radius 3 is 2.75 bits per heavy atom. The molecule has 1 aliphatic heterocycles. The highest BCUT2D eigenvalue weighted by Crippen LogP contribution is 2.31. The van der Waals surface area contributed by atoms with Crippen LogP contribution in [-0.2, 0) is 14.8 Å². The Labute approximate surface area is 179 Å². The fourth-order valence-electron chi connectivity index (χ4n) is 3.13. The van der Waals surface area contributed by atoms with Crippen molar-refractivity contribution in [2.45, 2.75) is 22.6 Å². The van der Waals surface area contributed by atoms with E-state index >= 15 is 0 Å². The van der Waals surface area contributed by atoms with Crippen LogP contribution in [-0.4, -0.2) is 38.0 Å². The van der Waals surface area contributed by atoms with Crippen molar-refractivity contribution < 1.29 is 13.2 Å². The molecule has 28 heavy (non-hydrogen) atoms. The van der Waals surface area contributed by atoms with Gasteiger partial charge in [0.05, 0.1) is 10.9 Å². The minimum Gasteiger partial charge on any atom is -0.326 e. The first kappa shape index (κ1) is 21.5. The largest absolute Gasteiger partial charge is 0.326 e. The van der Waals surface area contributed by atoms with E-state index in [1.54, 1.807) is 11.8 Å². The van der Waals surface area contributed by atoms with Crippen LogP contribution in [0.5, 0.6) is 0 Å². The number of nitrogens with one attached hydrogen (secondary N) is 1. The molecule has 2 aromatic rings. The van der Waals surface area contributed by atoms with Crippen LogP contribution >= 0.6 is 35.0 Å². The molecule has 1 N–H and O–H groups in total. The molecule has 1 aliphatic rings. The smallest absolute Gasteiger partial charge is 0.244 e. The van der Waals surface area contributed by atoms with Crippen LogP contribution in [0.4, 0.5) is 5.69 Å². The van der Waals surface area contributed by atoms with Gasteiger partial charge in [-0.2, -0.15) is 4.31 Å². The lowest BCUT2D eigenvalue weighted by atomic mass is 9.99. The Bertz CT molecular complexity index is 983. The van der Waals surface area contributed by atoms with Gasteiger partial charge in [-0.1, -0.05) is 29.3 Å². The van der Waals surface area contributed by atoms with Crippen LogP contribution in [0, 0.1) is 5.92 Å². The lowest BCUT2D eigenvalue weighted by molar-refractivity contribution is -0.120. The Hall–Kier alpha value is -1.25. The predicted molar refractivity (Wildman–Crippen MR) is 115 cm³/mol. The number of rotatable bonds is 5.